The molecular formula is C12H18ClN3O7S. The van der Waals surface area contributed by atoms with Crippen molar-refractivity contribution < 1.29 is 34.2 Å². The fourth-order valence-corrected chi connectivity index (χ4v) is 2.26. The Hall–Kier alpha value is -1.85. The maximum absolute atomic E-state index is 11.9. The van der Waals surface area contributed by atoms with E-state index in [0.29, 0.717) is 11.8 Å². The molecule has 0 saturated carbocycles. The molecule has 2 unspecified atom stereocenters. The molecule has 10 nitrogen and oxygen atoms in total. The van der Waals surface area contributed by atoms with Crippen LogP contribution in [0.5, 0.6) is 0 Å². The van der Waals surface area contributed by atoms with Crippen LogP contribution >= 0.6 is 23.4 Å². The molecule has 0 bridgehead atoms. The summed E-state index contributed by atoms with van der Waals surface area (Å²) in [6, 6.07) is -2.39. The molecule has 2 atom stereocenters. The monoisotopic (exact) mass is 383 g/mol. The van der Waals surface area contributed by atoms with Crippen LogP contribution in [0.3, 0.4) is 0 Å². The number of amides is 2. The number of carboxylic acids is 2. The third kappa shape index (κ3) is 10.0. The lowest BCUT2D eigenvalue weighted by atomic mass is 10.1. The van der Waals surface area contributed by atoms with Crippen molar-refractivity contribution in [3.8, 4) is 0 Å². The van der Waals surface area contributed by atoms with Crippen molar-refractivity contribution in [1.82, 2.24) is 10.6 Å². The molecule has 0 aromatic rings. The molecule has 136 valence electrons. The predicted octanol–water partition coefficient (Wildman–Crippen LogP) is -1.64. The lowest BCUT2D eigenvalue weighted by Crippen LogP contribution is -2.49. The highest BCUT2D eigenvalue weighted by Crippen LogP contribution is 2.07. The Labute approximate surface area is 146 Å². The van der Waals surface area contributed by atoms with Crippen molar-refractivity contribution in [3.05, 3.63) is 0 Å². The van der Waals surface area contributed by atoms with Gasteiger partial charge in [-0.05, 0) is 6.42 Å². The number of nitrogens with two attached hydrogens (primary N) is 1. The van der Waals surface area contributed by atoms with E-state index in [9.17, 15) is 24.0 Å². The predicted molar refractivity (Wildman–Crippen MR) is 85.6 cm³/mol. The van der Waals surface area contributed by atoms with Crippen LogP contribution in [0, 0.1) is 0 Å². The standard InChI is InChI=1S/C12H18ClN3O7S/c13-3-10(20)24-5-7(11(21)15-4-9(18)19)16-8(17)2-1-6(14)12(22)23/h6-7H,1-5,14H2,(H,15,21)(H,16,17)(H,18,19)(H,22,23). The lowest BCUT2D eigenvalue weighted by Gasteiger charge is -2.17. The second-order valence-electron chi connectivity index (χ2n) is 4.53. The van der Waals surface area contributed by atoms with E-state index in [2.05, 4.69) is 10.6 Å². The number of halogens is 1. The van der Waals surface area contributed by atoms with Gasteiger partial charge in [0.2, 0.25) is 16.9 Å². The van der Waals surface area contributed by atoms with Gasteiger partial charge in [-0.1, -0.05) is 11.8 Å². The van der Waals surface area contributed by atoms with Gasteiger partial charge in [0.1, 0.15) is 18.6 Å². The molecule has 6 N–H and O–H groups in total. The van der Waals surface area contributed by atoms with Gasteiger partial charge < -0.3 is 26.6 Å². The summed E-state index contributed by atoms with van der Waals surface area (Å²) in [6.45, 7) is -0.650. The zero-order valence-corrected chi connectivity index (χ0v) is 14.1. The number of aliphatic carboxylic acids is 2. The van der Waals surface area contributed by atoms with Gasteiger partial charge in [0, 0.05) is 12.2 Å². The minimum absolute atomic E-state index is 0.140. The van der Waals surface area contributed by atoms with Gasteiger partial charge in [0.05, 0.1) is 5.88 Å². The molecular weight excluding hydrogens is 366 g/mol. The molecule has 12 heteroatoms. The Morgan fingerprint density at radius 3 is 2.29 bits per heavy atom. The Kier molecular flexibility index (Phi) is 10.8. The van der Waals surface area contributed by atoms with Crippen LogP contribution < -0.4 is 16.4 Å². The number of hydrogen-bond donors (Lipinski definition) is 5. The van der Waals surface area contributed by atoms with Crippen LogP contribution in [0.15, 0.2) is 0 Å². The maximum Gasteiger partial charge on any atom is 0.322 e. The fourth-order valence-electron chi connectivity index (χ4n) is 1.36. The molecule has 0 aliphatic heterocycles. The number of carboxylic acid groups (broad SMARTS) is 2. The molecule has 0 fully saturated rings. The lowest BCUT2D eigenvalue weighted by molar-refractivity contribution is -0.139. The quantitative estimate of drug-likeness (QED) is 0.262. The van der Waals surface area contributed by atoms with Gasteiger partial charge in [0.25, 0.3) is 0 Å². The van der Waals surface area contributed by atoms with Crippen molar-refractivity contribution in [2.75, 3.05) is 18.2 Å². The average molecular weight is 384 g/mol. The number of rotatable bonds is 11. The highest BCUT2D eigenvalue weighted by atomic mass is 35.5. The minimum atomic E-state index is -1.27. The van der Waals surface area contributed by atoms with Gasteiger partial charge in [-0.2, -0.15) is 0 Å². The molecule has 0 aromatic heterocycles. The van der Waals surface area contributed by atoms with Crippen LogP contribution in [0.25, 0.3) is 0 Å². The summed E-state index contributed by atoms with van der Waals surface area (Å²) in [6.07, 6.45) is -0.386. The van der Waals surface area contributed by atoms with E-state index in [1.165, 1.54) is 0 Å². The first-order valence-corrected chi connectivity index (χ1v) is 8.18. The van der Waals surface area contributed by atoms with Crippen LogP contribution in [-0.2, 0) is 24.0 Å². The fraction of sp³-hybridized carbons (Fsp3) is 0.583. The summed E-state index contributed by atoms with van der Waals surface area (Å²) < 4.78 is 0. The van der Waals surface area contributed by atoms with E-state index in [0.717, 1.165) is 0 Å². The van der Waals surface area contributed by atoms with Gasteiger partial charge in [-0.25, -0.2) is 0 Å². The number of hydrogen-bond acceptors (Lipinski definition) is 7. The Morgan fingerprint density at radius 1 is 1.17 bits per heavy atom. The molecule has 0 heterocycles. The van der Waals surface area contributed by atoms with E-state index in [1.807, 2.05) is 0 Å². The minimum Gasteiger partial charge on any atom is -0.480 e. The summed E-state index contributed by atoms with van der Waals surface area (Å²) in [4.78, 5) is 55.8. The van der Waals surface area contributed by atoms with Crippen LogP contribution in [-0.4, -0.2) is 69.3 Å². The van der Waals surface area contributed by atoms with Gasteiger partial charge in [0.15, 0.2) is 0 Å². The summed E-state index contributed by atoms with van der Waals surface area (Å²) >= 11 is 6.04. The van der Waals surface area contributed by atoms with Crippen molar-refractivity contribution in [2.24, 2.45) is 5.73 Å². The van der Waals surface area contributed by atoms with Gasteiger partial charge >= 0.3 is 11.9 Å². The Balaban J connectivity index is 4.63. The van der Waals surface area contributed by atoms with Crippen LogP contribution in [0.4, 0.5) is 0 Å². The number of thioether (sulfide) groups is 1. The second-order valence-corrected chi connectivity index (χ2v) is 5.88. The van der Waals surface area contributed by atoms with Gasteiger partial charge in [-0.3, -0.25) is 24.0 Å². The van der Waals surface area contributed by atoms with Crippen molar-refractivity contribution in [3.63, 3.8) is 0 Å². The third-order valence-electron chi connectivity index (χ3n) is 2.59. The van der Waals surface area contributed by atoms with E-state index >= 15 is 0 Å². The highest BCUT2D eigenvalue weighted by Gasteiger charge is 2.23. The number of alkyl halides is 1. The molecule has 0 spiro atoms. The first kappa shape index (κ1) is 22.1. The summed E-state index contributed by atoms with van der Waals surface area (Å²) in [5, 5.41) is 21.1. The largest absolute Gasteiger partial charge is 0.480 e. The maximum atomic E-state index is 11.9. The Morgan fingerprint density at radius 2 is 1.79 bits per heavy atom. The average Bonchev–Trinajstić information content (AvgIpc) is 2.53. The van der Waals surface area contributed by atoms with E-state index < -0.39 is 47.5 Å². The smallest absolute Gasteiger partial charge is 0.322 e. The molecule has 0 rings (SSSR count). The SMILES string of the molecule is NC(CCC(=O)NC(CSC(=O)CCl)C(=O)NCC(=O)O)C(=O)O. The van der Waals surface area contributed by atoms with Crippen LogP contribution in [0.1, 0.15) is 12.8 Å². The Bertz CT molecular complexity index is 503. The van der Waals surface area contributed by atoms with E-state index in [1.54, 1.807) is 0 Å². The summed E-state index contributed by atoms with van der Waals surface area (Å²) in [5.74, 6) is -4.40. The van der Waals surface area contributed by atoms with E-state index in [-0.39, 0.29) is 24.5 Å². The molecule has 0 aromatic carbocycles. The van der Waals surface area contributed by atoms with Crippen molar-refractivity contribution in [1.29, 1.82) is 0 Å². The third-order valence-corrected chi connectivity index (χ3v) is 3.95. The van der Waals surface area contributed by atoms with Crippen molar-refractivity contribution >= 4 is 52.2 Å². The number of carbonyl (C=O) groups is 5. The zero-order valence-electron chi connectivity index (χ0n) is 12.5. The zero-order chi connectivity index (χ0) is 18.7. The van der Waals surface area contributed by atoms with E-state index in [4.69, 9.17) is 27.5 Å². The molecule has 0 aliphatic rings. The highest BCUT2D eigenvalue weighted by molar-refractivity contribution is 8.13. The normalized spacial score (nSPS) is 12.8. The molecule has 0 radical (unpaired) electrons. The molecule has 2 amide bonds. The topological polar surface area (TPSA) is 176 Å². The molecule has 24 heavy (non-hydrogen) atoms. The number of carbonyl (C=O) groups excluding carboxylic acids is 3. The summed E-state index contributed by atoms with van der Waals surface area (Å²) in [5.41, 5.74) is 5.27. The number of nitrogens with one attached hydrogen (secondary N) is 2. The molecule has 0 aliphatic carbocycles. The van der Waals surface area contributed by atoms with Gasteiger partial charge in [-0.15, -0.1) is 11.6 Å². The summed E-state index contributed by atoms with van der Waals surface area (Å²) in [7, 11) is 0. The first-order chi connectivity index (χ1) is 11.2. The second kappa shape index (κ2) is 11.6. The van der Waals surface area contributed by atoms with Crippen LogP contribution in [0.2, 0.25) is 0 Å². The molecule has 0 saturated heterocycles. The van der Waals surface area contributed by atoms with Crippen molar-refractivity contribution in [2.45, 2.75) is 24.9 Å². The first-order valence-electron chi connectivity index (χ1n) is 6.66.